The molecule has 7 nitrogen and oxygen atoms in total. The van der Waals surface area contributed by atoms with Gasteiger partial charge in [-0.25, -0.2) is 0 Å². The Kier molecular flexibility index (Phi) is 8.30. The summed E-state index contributed by atoms with van der Waals surface area (Å²) in [6.07, 6.45) is -2.94. The molecule has 0 saturated heterocycles. The molecule has 0 heterocycles. The van der Waals surface area contributed by atoms with E-state index < -0.39 is 36.9 Å². The average molecular weight is 379 g/mol. The van der Waals surface area contributed by atoms with Gasteiger partial charge in [-0.3, -0.25) is 0 Å². The molecule has 0 fully saturated rings. The van der Waals surface area contributed by atoms with Crippen LogP contribution in [0.2, 0.25) is 0 Å². The second-order valence-electron chi connectivity index (χ2n) is 5.70. The van der Waals surface area contributed by atoms with Gasteiger partial charge in [-0.1, -0.05) is 0 Å². The molecule has 0 spiro atoms. The molecule has 2 rings (SSSR count). The summed E-state index contributed by atoms with van der Waals surface area (Å²) >= 11 is 0. The van der Waals surface area contributed by atoms with Crippen molar-refractivity contribution in [1.82, 2.24) is 0 Å². The number of nitrogens with one attached hydrogen (secondary N) is 1. The van der Waals surface area contributed by atoms with E-state index in [-0.39, 0.29) is 5.56 Å². The average Bonchev–Trinajstić information content (AvgIpc) is 2.75. The Balaban J connectivity index is 2.08. The molecule has 0 radical (unpaired) electrons. The molecule has 28 heavy (non-hydrogen) atoms. The van der Waals surface area contributed by atoms with Gasteiger partial charge in [-0.05, 0) is 0 Å². The quantitative estimate of drug-likeness (QED) is 0.361. The molecule has 0 amide bonds. The minimum absolute atomic E-state index is 0.267. The monoisotopic (exact) mass is 379 g/mol. The number of esters is 2. The Morgan fingerprint density at radius 1 is 1.04 bits per heavy atom. The van der Waals surface area contributed by atoms with Gasteiger partial charge in [-0.15, -0.1) is 0 Å². The summed E-state index contributed by atoms with van der Waals surface area (Å²) in [6.45, 7) is -0.453. The molecule has 0 aromatic heterocycles. The maximum atomic E-state index is 12.3. The van der Waals surface area contributed by atoms with Crippen LogP contribution < -0.4 is 0 Å². The number of rotatable bonds is 10. The van der Waals surface area contributed by atoms with Crippen molar-refractivity contribution < 1.29 is 28.8 Å². The third-order valence-corrected chi connectivity index (χ3v) is 3.77. The zero-order valence-corrected chi connectivity index (χ0v) is 15.1. The molecule has 0 unspecified atom stereocenters. The van der Waals surface area contributed by atoms with Crippen molar-refractivity contribution in [3.05, 3.63) is 71.8 Å². The molecule has 142 valence electrons. The summed E-state index contributed by atoms with van der Waals surface area (Å²) < 4.78 is 15.6. The first kappa shape index (κ1) is 21.2. The fraction of sp³-hybridized carbons (Fsp3) is 0.211. The number of carbonyl (C=O) groups is 2. The van der Waals surface area contributed by atoms with Gasteiger partial charge in [0.2, 0.25) is 0 Å². The number of hydrogen-bond donors (Lipinski definition) is 2. The van der Waals surface area contributed by atoms with E-state index in [0.717, 1.165) is 13.2 Å². The van der Waals surface area contributed by atoms with Gasteiger partial charge in [0.15, 0.2) is 0 Å². The molecule has 0 aliphatic heterocycles. The van der Waals surface area contributed by atoms with E-state index in [0.29, 0.717) is 5.56 Å². The molecule has 3 atom stereocenters. The zero-order valence-electron chi connectivity index (χ0n) is 15.1. The molecule has 0 aliphatic carbocycles. The third-order valence-electron chi connectivity index (χ3n) is 3.77. The van der Waals surface area contributed by atoms with Crippen molar-refractivity contribution in [2.75, 3.05) is 6.61 Å². The Bertz CT molecular complexity index is 803. The number of ether oxygens (including phenoxy) is 2. The van der Waals surface area contributed by atoms with Gasteiger partial charge < -0.3 is 0 Å². The summed E-state index contributed by atoms with van der Waals surface area (Å²) in [4.78, 5) is 24.4. The van der Waals surface area contributed by atoms with Crippen LogP contribution in [0.25, 0.3) is 0 Å². The van der Waals surface area contributed by atoms with E-state index in [9.17, 15) is 14.7 Å². The Morgan fingerprint density at radius 2 is 1.57 bits per heavy atom. The van der Waals surface area contributed by atoms with Gasteiger partial charge in [-0.2, -0.15) is 0 Å². The summed E-state index contributed by atoms with van der Waals surface area (Å²) in [5, 5.41) is 17.9. The van der Waals surface area contributed by atoms with Crippen LogP contribution in [0.4, 0.5) is 0 Å². The molecule has 0 aliphatic rings. The molecule has 2 N–H and O–H groups in total. The van der Waals surface area contributed by atoms with Crippen molar-refractivity contribution in [2.45, 2.75) is 18.3 Å². The number of aliphatic hydroxyl groups excluding tert-OH is 1. The minimum atomic E-state index is -1.42. The third kappa shape index (κ3) is 5.99. The normalized spacial score (nSPS) is 13.3. The Labute approximate surface area is 164 Å². The molecule has 2 aromatic carbocycles. The summed E-state index contributed by atoms with van der Waals surface area (Å²) in [6, 6.07) is 16.4. The van der Waals surface area contributed by atoms with Gasteiger partial charge >= 0.3 is 163 Å². The number of benzene rings is 2. The maximum absolute atomic E-state index is 12.3. The molecule has 9 heteroatoms. The topological polar surface area (TPSA) is 106 Å². The SMILES string of the molecule is B=BO[C@@H](C=N)[C@H](OC(=O)c1ccccc1)[C@@H](O)COC(=O)c1ccccc1. The van der Waals surface area contributed by atoms with Gasteiger partial charge in [0, 0.05) is 0 Å². The molecule has 2 aromatic rings. The van der Waals surface area contributed by atoms with Crippen LogP contribution in [0.15, 0.2) is 60.7 Å². The predicted molar refractivity (Wildman–Crippen MR) is 105 cm³/mol. The van der Waals surface area contributed by atoms with E-state index >= 15 is 0 Å². The van der Waals surface area contributed by atoms with Gasteiger partial charge in [0.05, 0.1) is 0 Å². The Hall–Kier alpha value is -3.06. The first-order valence-electron chi connectivity index (χ1n) is 8.50. The van der Waals surface area contributed by atoms with Gasteiger partial charge in [0.25, 0.3) is 0 Å². The summed E-state index contributed by atoms with van der Waals surface area (Å²) in [7, 11) is 4.48. The second-order valence-corrected chi connectivity index (χ2v) is 5.70. The number of hydrogen-bond acceptors (Lipinski definition) is 7. The van der Waals surface area contributed by atoms with Crippen LogP contribution in [0.1, 0.15) is 20.7 Å². The van der Waals surface area contributed by atoms with Crippen molar-refractivity contribution in [3.63, 3.8) is 0 Å². The van der Waals surface area contributed by atoms with E-state index in [1.165, 1.54) is 0 Å². The van der Waals surface area contributed by atoms with Crippen LogP contribution in [0, 0.1) is 5.41 Å². The Morgan fingerprint density at radius 3 is 2.07 bits per heavy atom. The fourth-order valence-electron chi connectivity index (χ4n) is 2.37. The molecule has 0 saturated carbocycles. The van der Waals surface area contributed by atoms with Crippen molar-refractivity contribution >= 4 is 32.5 Å². The standard InChI is InChI=1S/C19H19B2NO6/c20-21-28-16(11-22)17(27-19(25)14-9-5-2-6-10-14)15(23)12-26-18(24)13-7-3-1-4-8-13/h1-11,15-17,20,22-23H,12H2/t15-,16-,17+/m0/s1. The van der Waals surface area contributed by atoms with Crippen molar-refractivity contribution in [3.8, 4) is 0 Å². The van der Waals surface area contributed by atoms with E-state index in [1.807, 2.05) is 0 Å². The first-order chi connectivity index (χ1) is 13.6. The summed E-state index contributed by atoms with van der Waals surface area (Å²) in [5.41, 5.74) is 0.585. The van der Waals surface area contributed by atoms with Crippen LogP contribution in [0.5, 0.6) is 0 Å². The number of carbonyl (C=O) groups excluding carboxylic acids is 2. The first-order valence-corrected chi connectivity index (χ1v) is 8.50. The van der Waals surface area contributed by atoms with E-state index in [1.54, 1.807) is 60.7 Å². The van der Waals surface area contributed by atoms with Crippen LogP contribution in [-0.2, 0) is 14.1 Å². The van der Waals surface area contributed by atoms with Crippen LogP contribution in [-0.4, -0.2) is 62.6 Å². The number of aliphatic hydroxyl groups is 1. The van der Waals surface area contributed by atoms with Crippen LogP contribution >= 0.6 is 0 Å². The molecular formula is C19H19B2NO6. The van der Waals surface area contributed by atoms with Crippen LogP contribution in [0.3, 0.4) is 0 Å². The fourth-order valence-corrected chi connectivity index (χ4v) is 2.37. The summed E-state index contributed by atoms with van der Waals surface area (Å²) in [5.74, 6) is -1.35. The zero-order chi connectivity index (χ0) is 20.4. The second kappa shape index (κ2) is 10.9. The van der Waals surface area contributed by atoms with Crippen molar-refractivity contribution in [1.29, 1.82) is 5.41 Å². The van der Waals surface area contributed by atoms with Crippen molar-refractivity contribution in [2.24, 2.45) is 0 Å². The predicted octanol–water partition coefficient (Wildman–Crippen LogP) is 0.900. The van der Waals surface area contributed by atoms with Gasteiger partial charge in [0.1, 0.15) is 0 Å². The van der Waals surface area contributed by atoms with E-state index in [4.69, 9.17) is 19.5 Å². The molecule has 0 bridgehead atoms. The molecular weight excluding hydrogens is 360 g/mol. The van der Waals surface area contributed by atoms with E-state index in [2.05, 4.69) is 7.37 Å².